The predicted molar refractivity (Wildman–Crippen MR) is 73.3 cm³/mol. The van der Waals surface area contributed by atoms with E-state index in [4.69, 9.17) is 0 Å². The molecule has 1 saturated carbocycles. The molecule has 2 atom stereocenters. The summed E-state index contributed by atoms with van der Waals surface area (Å²) in [5.74, 6) is -0.743. The number of aliphatic hydroxyl groups is 1. The normalized spacial score (nSPS) is 29.2. The summed E-state index contributed by atoms with van der Waals surface area (Å²) < 4.78 is 0. The summed E-state index contributed by atoms with van der Waals surface area (Å²) >= 11 is 0. The van der Waals surface area contributed by atoms with E-state index in [9.17, 15) is 19.8 Å². The average Bonchev–Trinajstić information content (AvgIpc) is 2.89. The molecule has 3 N–H and O–H groups in total. The summed E-state index contributed by atoms with van der Waals surface area (Å²) in [6.45, 7) is 3.17. The number of rotatable bonds is 3. The highest BCUT2D eigenvalue weighted by molar-refractivity contribution is 5.78. The van der Waals surface area contributed by atoms with Gasteiger partial charge in [0.05, 0.1) is 11.5 Å². The molecule has 0 spiro atoms. The third-order valence-corrected chi connectivity index (χ3v) is 4.74. The number of likely N-dealkylation sites (tertiary alicyclic amines) is 1. The minimum atomic E-state index is -0.808. The molecular formula is C14H24N2O4. The molecule has 1 aliphatic carbocycles. The Balaban J connectivity index is 1.87. The van der Waals surface area contributed by atoms with Crippen LogP contribution in [0.2, 0.25) is 0 Å². The summed E-state index contributed by atoms with van der Waals surface area (Å²) in [5.41, 5.74) is -0.781. The molecule has 1 aliphatic heterocycles. The lowest BCUT2D eigenvalue weighted by Crippen LogP contribution is -2.51. The van der Waals surface area contributed by atoms with E-state index in [2.05, 4.69) is 5.32 Å². The van der Waals surface area contributed by atoms with Crippen molar-refractivity contribution in [2.75, 3.05) is 19.6 Å². The number of carbonyl (C=O) groups is 2. The second kappa shape index (κ2) is 5.99. The Labute approximate surface area is 119 Å². The van der Waals surface area contributed by atoms with E-state index in [0.29, 0.717) is 32.4 Å². The number of amides is 2. The highest BCUT2D eigenvalue weighted by atomic mass is 16.4. The third kappa shape index (κ3) is 3.06. The zero-order valence-electron chi connectivity index (χ0n) is 12.0. The van der Waals surface area contributed by atoms with E-state index in [1.807, 2.05) is 6.92 Å². The van der Waals surface area contributed by atoms with Crippen LogP contribution in [0.3, 0.4) is 0 Å². The molecule has 0 aromatic heterocycles. The van der Waals surface area contributed by atoms with Crippen LogP contribution >= 0.6 is 0 Å². The lowest BCUT2D eigenvalue weighted by atomic mass is 9.86. The SMILES string of the molecule is CC1CN(C(=O)NCC2(C(=O)O)CCCC2)CCC1O. The number of aliphatic hydroxyl groups excluding tert-OH is 1. The molecule has 0 aromatic rings. The Bertz CT molecular complexity index is 379. The first-order valence-corrected chi connectivity index (χ1v) is 7.39. The topological polar surface area (TPSA) is 89.9 Å². The minimum absolute atomic E-state index is 0.0643. The summed E-state index contributed by atoms with van der Waals surface area (Å²) in [6, 6.07) is -0.212. The van der Waals surface area contributed by atoms with E-state index in [0.717, 1.165) is 12.8 Å². The number of nitrogens with zero attached hydrogens (tertiary/aromatic N) is 1. The van der Waals surface area contributed by atoms with Gasteiger partial charge >= 0.3 is 12.0 Å². The minimum Gasteiger partial charge on any atom is -0.481 e. The second-order valence-electron chi connectivity index (χ2n) is 6.23. The lowest BCUT2D eigenvalue weighted by Gasteiger charge is -2.35. The summed E-state index contributed by atoms with van der Waals surface area (Å²) in [6.07, 6.45) is 3.33. The Morgan fingerprint density at radius 3 is 2.55 bits per heavy atom. The molecule has 1 saturated heterocycles. The quantitative estimate of drug-likeness (QED) is 0.722. The van der Waals surface area contributed by atoms with Gasteiger partial charge in [0, 0.05) is 19.6 Å². The van der Waals surface area contributed by atoms with Crippen LogP contribution in [0.1, 0.15) is 39.0 Å². The standard InChI is InChI=1S/C14H24N2O4/c1-10-8-16(7-4-11(10)17)13(20)15-9-14(12(18)19)5-2-3-6-14/h10-11,17H,2-9H2,1H3,(H,15,20)(H,18,19). The van der Waals surface area contributed by atoms with E-state index in [1.54, 1.807) is 4.90 Å². The summed E-state index contributed by atoms with van der Waals surface area (Å²) in [5, 5.41) is 21.8. The van der Waals surface area contributed by atoms with E-state index in [1.165, 1.54) is 0 Å². The Morgan fingerprint density at radius 2 is 2.00 bits per heavy atom. The number of nitrogens with one attached hydrogen (secondary N) is 1. The van der Waals surface area contributed by atoms with Crippen molar-refractivity contribution in [1.29, 1.82) is 0 Å². The smallest absolute Gasteiger partial charge is 0.317 e. The highest BCUT2D eigenvalue weighted by Gasteiger charge is 2.41. The predicted octanol–water partition coefficient (Wildman–Crippen LogP) is 1.04. The van der Waals surface area contributed by atoms with Crippen molar-refractivity contribution in [2.45, 2.75) is 45.1 Å². The van der Waals surface area contributed by atoms with Crippen molar-refractivity contribution in [1.82, 2.24) is 10.2 Å². The monoisotopic (exact) mass is 284 g/mol. The number of hydrogen-bond donors (Lipinski definition) is 3. The molecule has 2 aliphatic rings. The molecule has 114 valence electrons. The zero-order valence-corrected chi connectivity index (χ0v) is 12.0. The highest BCUT2D eigenvalue weighted by Crippen LogP contribution is 2.37. The van der Waals surface area contributed by atoms with Crippen molar-refractivity contribution >= 4 is 12.0 Å². The molecule has 20 heavy (non-hydrogen) atoms. The fourth-order valence-electron chi connectivity index (χ4n) is 3.19. The van der Waals surface area contributed by atoms with Crippen LogP contribution in [0, 0.1) is 11.3 Å². The molecular weight excluding hydrogens is 260 g/mol. The molecule has 6 nitrogen and oxygen atoms in total. The van der Waals surface area contributed by atoms with Gasteiger partial charge in [0.25, 0.3) is 0 Å². The van der Waals surface area contributed by atoms with Gasteiger partial charge in [-0.25, -0.2) is 4.79 Å². The average molecular weight is 284 g/mol. The number of urea groups is 1. The van der Waals surface area contributed by atoms with Crippen LogP contribution in [0.5, 0.6) is 0 Å². The first-order chi connectivity index (χ1) is 9.44. The number of carbonyl (C=O) groups excluding carboxylic acids is 1. The van der Waals surface area contributed by atoms with Crippen molar-refractivity contribution in [3.8, 4) is 0 Å². The zero-order chi connectivity index (χ0) is 14.8. The summed E-state index contributed by atoms with van der Waals surface area (Å²) in [4.78, 5) is 25.2. The van der Waals surface area contributed by atoms with Crippen LogP contribution < -0.4 is 5.32 Å². The van der Waals surface area contributed by atoms with Gasteiger partial charge in [-0.05, 0) is 25.2 Å². The second-order valence-corrected chi connectivity index (χ2v) is 6.23. The van der Waals surface area contributed by atoms with Gasteiger partial charge in [-0.15, -0.1) is 0 Å². The Morgan fingerprint density at radius 1 is 1.35 bits per heavy atom. The molecule has 2 unspecified atom stereocenters. The van der Waals surface area contributed by atoms with Gasteiger partial charge in [0.2, 0.25) is 0 Å². The van der Waals surface area contributed by atoms with Crippen molar-refractivity contribution in [3.05, 3.63) is 0 Å². The van der Waals surface area contributed by atoms with Gasteiger partial charge in [-0.1, -0.05) is 19.8 Å². The Hall–Kier alpha value is -1.30. The maximum Gasteiger partial charge on any atom is 0.317 e. The number of hydrogen-bond acceptors (Lipinski definition) is 3. The van der Waals surface area contributed by atoms with Crippen LogP contribution in [-0.4, -0.2) is 52.9 Å². The van der Waals surface area contributed by atoms with Crippen molar-refractivity contribution in [3.63, 3.8) is 0 Å². The van der Waals surface area contributed by atoms with Crippen LogP contribution in [0.15, 0.2) is 0 Å². The van der Waals surface area contributed by atoms with Gasteiger partial charge in [-0.3, -0.25) is 4.79 Å². The largest absolute Gasteiger partial charge is 0.481 e. The van der Waals surface area contributed by atoms with Gasteiger partial charge in [0.1, 0.15) is 0 Å². The summed E-state index contributed by atoms with van der Waals surface area (Å²) in [7, 11) is 0. The fraction of sp³-hybridized carbons (Fsp3) is 0.857. The molecule has 0 radical (unpaired) electrons. The van der Waals surface area contributed by atoms with E-state index in [-0.39, 0.29) is 24.6 Å². The van der Waals surface area contributed by atoms with Crippen LogP contribution in [0.4, 0.5) is 4.79 Å². The van der Waals surface area contributed by atoms with Crippen molar-refractivity contribution in [2.24, 2.45) is 11.3 Å². The van der Waals surface area contributed by atoms with Crippen molar-refractivity contribution < 1.29 is 19.8 Å². The molecule has 2 fully saturated rings. The fourth-order valence-corrected chi connectivity index (χ4v) is 3.19. The van der Waals surface area contributed by atoms with Crippen LogP contribution in [0.25, 0.3) is 0 Å². The van der Waals surface area contributed by atoms with E-state index < -0.39 is 11.4 Å². The number of aliphatic carboxylic acids is 1. The van der Waals surface area contributed by atoms with Crippen LogP contribution in [-0.2, 0) is 4.79 Å². The number of carboxylic acids is 1. The molecule has 6 heteroatoms. The number of carboxylic acid groups (broad SMARTS) is 1. The molecule has 2 rings (SSSR count). The lowest BCUT2D eigenvalue weighted by molar-refractivity contribution is -0.148. The van der Waals surface area contributed by atoms with Gasteiger partial charge in [-0.2, -0.15) is 0 Å². The van der Waals surface area contributed by atoms with Gasteiger partial charge < -0.3 is 20.4 Å². The maximum atomic E-state index is 12.1. The molecule has 1 heterocycles. The molecule has 0 aromatic carbocycles. The first-order valence-electron chi connectivity index (χ1n) is 7.39. The van der Waals surface area contributed by atoms with Gasteiger partial charge in [0.15, 0.2) is 0 Å². The maximum absolute atomic E-state index is 12.1. The molecule has 2 amide bonds. The number of piperidine rings is 1. The Kier molecular flexibility index (Phi) is 4.52. The molecule has 0 bridgehead atoms. The van der Waals surface area contributed by atoms with E-state index >= 15 is 0 Å². The third-order valence-electron chi connectivity index (χ3n) is 4.74. The first kappa shape index (κ1) is 15.1.